The second kappa shape index (κ2) is 9.03. The summed E-state index contributed by atoms with van der Waals surface area (Å²) in [4.78, 5) is 12.4. The maximum Gasteiger partial charge on any atom is 0.270 e. The number of rotatable bonds is 7. The molecule has 7 nitrogen and oxygen atoms in total. The number of amides is 1. The van der Waals surface area contributed by atoms with Crippen molar-refractivity contribution in [3.05, 3.63) is 70.3 Å². The van der Waals surface area contributed by atoms with Gasteiger partial charge in [-0.2, -0.15) is 0 Å². The van der Waals surface area contributed by atoms with Crippen molar-refractivity contribution in [3.8, 4) is 0 Å². The Morgan fingerprint density at radius 1 is 1.07 bits per heavy atom. The van der Waals surface area contributed by atoms with Crippen molar-refractivity contribution >= 4 is 32.4 Å². The molecule has 0 aliphatic carbocycles. The van der Waals surface area contributed by atoms with E-state index in [9.17, 15) is 13.2 Å². The smallest absolute Gasteiger partial charge is 0.270 e. The number of aromatic nitrogens is 2. The first-order valence-corrected chi connectivity index (χ1v) is 11.8. The van der Waals surface area contributed by atoms with Crippen molar-refractivity contribution in [1.82, 2.24) is 14.9 Å². The van der Waals surface area contributed by atoms with E-state index in [4.69, 9.17) is 0 Å². The molecule has 158 valence electrons. The van der Waals surface area contributed by atoms with E-state index in [0.29, 0.717) is 12.0 Å². The second-order valence-corrected chi connectivity index (χ2v) is 9.95. The first kappa shape index (κ1) is 22.1. The number of anilines is 1. The minimum Gasteiger partial charge on any atom is -0.296 e. The number of sulfonamides is 1. The number of nitrogens with zero attached hydrogens (tertiary/aromatic N) is 2. The topological polar surface area (TPSA) is 101 Å². The maximum absolute atomic E-state index is 12.9. The van der Waals surface area contributed by atoms with Gasteiger partial charge < -0.3 is 0 Å². The highest BCUT2D eigenvalue weighted by Gasteiger charge is 2.26. The molecule has 3 rings (SSSR count). The molecule has 1 heterocycles. The molecule has 0 unspecified atom stereocenters. The van der Waals surface area contributed by atoms with E-state index in [0.717, 1.165) is 33.6 Å². The van der Waals surface area contributed by atoms with Crippen LogP contribution < -0.4 is 10.0 Å². The summed E-state index contributed by atoms with van der Waals surface area (Å²) in [6.45, 7) is 7.70. The fourth-order valence-electron chi connectivity index (χ4n) is 3.18. The van der Waals surface area contributed by atoms with E-state index in [2.05, 4.69) is 20.2 Å². The Hall–Kier alpha value is -2.62. The van der Waals surface area contributed by atoms with Crippen LogP contribution in [0.3, 0.4) is 0 Å². The summed E-state index contributed by atoms with van der Waals surface area (Å²) < 4.78 is 28.2. The fraction of sp³-hybridized carbons (Fsp3) is 0.286. The predicted molar refractivity (Wildman–Crippen MR) is 118 cm³/mol. The molecule has 2 aromatic carbocycles. The maximum atomic E-state index is 12.9. The number of carbonyl (C=O) groups excluding carboxylic acids is 1. The summed E-state index contributed by atoms with van der Waals surface area (Å²) in [7, 11) is -3.89. The number of carbonyl (C=O) groups is 1. The van der Waals surface area contributed by atoms with Gasteiger partial charge in [-0.1, -0.05) is 60.2 Å². The van der Waals surface area contributed by atoms with Gasteiger partial charge in [0.25, 0.3) is 15.9 Å². The molecule has 1 atom stereocenters. The number of aryl methyl sites for hydroxylation is 3. The van der Waals surface area contributed by atoms with Crippen molar-refractivity contribution in [3.63, 3.8) is 0 Å². The lowest BCUT2D eigenvalue weighted by Crippen LogP contribution is -2.28. The van der Waals surface area contributed by atoms with Crippen LogP contribution in [0.15, 0.2) is 46.8 Å². The highest BCUT2D eigenvalue weighted by molar-refractivity contribution is 7.91. The number of hydrogen-bond donors (Lipinski definition) is 2. The molecule has 0 aliphatic heterocycles. The number of nitrogens with one attached hydrogen (secondary N) is 2. The normalized spacial score (nSPS) is 12.5. The van der Waals surface area contributed by atoms with Crippen molar-refractivity contribution < 1.29 is 13.2 Å². The van der Waals surface area contributed by atoms with Gasteiger partial charge in [-0.15, -0.1) is 10.2 Å². The van der Waals surface area contributed by atoms with Crippen LogP contribution in [0, 0.1) is 20.8 Å². The molecule has 2 N–H and O–H groups in total. The van der Waals surface area contributed by atoms with E-state index in [1.165, 1.54) is 0 Å². The highest BCUT2D eigenvalue weighted by atomic mass is 32.2. The molecule has 0 bridgehead atoms. The third kappa shape index (κ3) is 4.92. The van der Waals surface area contributed by atoms with Gasteiger partial charge in [-0.25, -0.2) is 13.1 Å². The molecule has 0 aliphatic rings. The molecule has 0 radical (unpaired) electrons. The molecule has 0 fully saturated rings. The Bertz CT molecular complexity index is 1170. The quantitative estimate of drug-likeness (QED) is 0.533. The monoisotopic (exact) mass is 444 g/mol. The van der Waals surface area contributed by atoms with Crippen LogP contribution in [0.1, 0.15) is 52.0 Å². The van der Waals surface area contributed by atoms with Gasteiger partial charge in [0.1, 0.15) is 0 Å². The molecule has 1 aromatic heterocycles. The summed E-state index contributed by atoms with van der Waals surface area (Å²) in [5.41, 5.74) is 4.37. The average Bonchev–Trinajstić information content (AvgIpc) is 3.16. The minimum atomic E-state index is -3.89. The van der Waals surface area contributed by atoms with E-state index in [-0.39, 0.29) is 21.4 Å². The average molecular weight is 445 g/mol. The van der Waals surface area contributed by atoms with Crippen LogP contribution in [-0.4, -0.2) is 24.5 Å². The Balaban J connectivity index is 1.78. The lowest BCUT2D eigenvalue weighted by molar-refractivity contribution is 0.102. The zero-order valence-corrected chi connectivity index (χ0v) is 18.9. The van der Waals surface area contributed by atoms with Gasteiger partial charge in [0.15, 0.2) is 0 Å². The van der Waals surface area contributed by atoms with Crippen molar-refractivity contribution in [2.45, 2.75) is 44.5 Å². The summed E-state index contributed by atoms with van der Waals surface area (Å²) >= 11 is 0.818. The highest BCUT2D eigenvalue weighted by Crippen LogP contribution is 2.26. The Labute approximate surface area is 180 Å². The van der Waals surface area contributed by atoms with Gasteiger partial charge in [-0.3, -0.25) is 10.1 Å². The molecule has 0 saturated heterocycles. The lowest BCUT2D eigenvalue weighted by atomic mass is 9.98. The first-order chi connectivity index (χ1) is 14.2. The largest absolute Gasteiger partial charge is 0.296 e. The van der Waals surface area contributed by atoms with Crippen LogP contribution in [0.4, 0.5) is 5.13 Å². The van der Waals surface area contributed by atoms with E-state index >= 15 is 0 Å². The van der Waals surface area contributed by atoms with E-state index in [1.54, 1.807) is 12.1 Å². The predicted octanol–water partition coefficient (Wildman–Crippen LogP) is 4.15. The molecule has 9 heteroatoms. The van der Waals surface area contributed by atoms with Gasteiger partial charge in [0.05, 0.1) is 0 Å². The molecular formula is C21H24N4O3S2. The van der Waals surface area contributed by atoms with Gasteiger partial charge in [-0.05, 0) is 49.9 Å². The van der Waals surface area contributed by atoms with Crippen LogP contribution in [0.2, 0.25) is 0 Å². The van der Waals surface area contributed by atoms with Crippen LogP contribution >= 0.6 is 11.3 Å². The van der Waals surface area contributed by atoms with Crippen molar-refractivity contribution in [2.75, 3.05) is 5.32 Å². The van der Waals surface area contributed by atoms with Gasteiger partial charge in [0.2, 0.25) is 9.47 Å². The molecule has 30 heavy (non-hydrogen) atoms. The van der Waals surface area contributed by atoms with Crippen LogP contribution in [0.5, 0.6) is 0 Å². The third-order valence-corrected chi connectivity index (χ3v) is 7.43. The van der Waals surface area contributed by atoms with E-state index < -0.39 is 10.0 Å². The Kier molecular flexibility index (Phi) is 6.64. The summed E-state index contributed by atoms with van der Waals surface area (Å²) in [5.74, 6) is -0.358. The van der Waals surface area contributed by atoms with Crippen molar-refractivity contribution in [1.29, 1.82) is 0 Å². The van der Waals surface area contributed by atoms with Crippen molar-refractivity contribution in [2.24, 2.45) is 0 Å². The zero-order valence-electron chi connectivity index (χ0n) is 17.3. The third-order valence-electron chi connectivity index (χ3n) is 4.75. The molecule has 0 saturated carbocycles. The number of hydrogen-bond acceptors (Lipinski definition) is 6. The Morgan fingerprint density at radius 2 is 1.80 bits per heavy atom. The van der Waals surface area contributed by atoms with Gasteiger partial charge in [0, 0.05) is 11.6 Å². The molecular weight excluding hydrogens is 420 g/mol. The lowest BCUT2D eigenvalue weighted by Gasteiger charge is -2.19. The molecule has 1 amide bonds. The SMILES string of the molecule is CC[C@@H](NS(=O)(=O)c1nnc(NC(=O)c2ccccc2C)s1)c1ccc(C)cc1C. The summed E-state index contributed by atoms with van der Waals surface area (Å²) in [6.07, 6.45) is 0.582. The van der Waals surface area contributed by atoms with Crippen LogP contribution in [0.25, 0.3) is 0 Å². The zero-order chi connectivity index (χ0) is 21.9. The first-order valence-electron chi connectivity index (χ1n) is 9.51. The second-order valence-electron chi connectivity index (χ2n) is 7.08. The molecule has 0 spiro atoms. The standard InChI is InChI=1S/C21H24N4O3S2/c1-5-18(16-11-10-13(2)12-15(16)4)25-30(27,28)21-24-23-20(29-21)22-19(26)17-9-7-6-8-14(17)3/h6-12,18,25H,5H2,1-4H3,(H,22,23,26)/t18-/m1/s1. The summed E-state index contributed by atoms with van der Waals surface area (Å²) in [6, 6.07) is 12.7. The Morgan fingerprint density at radius 3 is 2.47 bits per heavy atom. The van der Waals surface area contributed by atoms with Gasteiger partial charge >= 0.3 is 0 Å². The number of benzene rings is 2. The molecule has 3 aromatic rings. The minimum absolute atomic E-state index is 0.128. The van der Waals surface area contributed by atoms with Crippen LogP contribution in [-0.2, 0) is 10.0 Å². The summed E-state index contributed by atoms with van der Waals surface area (Å²) in [5, 5.41) is 10.4. The fourth-order valence-corrected chi connectivity index (χ4v) is 5.39. The van der Waals surface area contributed by atoms with E-state index in [1.807, 2.05) is 58.0 Å².